The van der Waals surface area contributed by atoms with E-state index >= 15 is 0 Å². The van der Waals surface area contributed by atoms with Gasteiger partial charge in [-0.3, -0.25) is 9.69 Å². The fraction of sp³-hybridized carbons (Fsp3) is 0.0455. The largest absolute Gasteiger partial charge is 0.465 e. The van der Waals surface area contributed by atoms with Gasteiger partial charge in [0.2, 0.25) is 0 Å². The first kappa shape index (κ1) is 20.1. The normalized spacial score (nSPS) is 15.1. The maximum Gasteiger partial charge on any atom is 0.337 e. The van der Waals surface area contributed by atoms with Crippen molar-refractivity contribution in [3.05, 3.63) is 82.7 Å². The first-order valence-electron chi connectivity index (χ1n) is 8.79. The Labute approximate surface area is 181 Å². The number of rotatable bonds is 4. The molecule has 1 aromatic heterocycles. The van der Waals surface area contributed by atoms with Crippen molar-refractivity contribution in [2.45, 2.75) is 0 Å². The molecule has 5 nitrogen and oxygen atoms in total. The highest BCUT2D eigenvalue weighted by Crippen LogP contribution is 2.37. The number of anilines is 1. The van der Waals surface area contributed by atoms with Gasteiger partial charge in [-0.1, -0.05) is 48.2 Å². The zero-order valence-electron chi connectivity index (χ0n) is 15.6. The second kappa shape index (κ2) is 8.25. The fourth-order valence-electron chi connectivity index (χ4n) is 2.91. The predicted molar refractivity (Wildman–Crippen MR) is 118 cm³/mol. The maximum absolute atomic E-state index is 14.1. The highest BCUT2D eigenvalue weighted by Gasteiger charge is 2.34. The minimum atomic E-state index is -0.522. The number of carbonyl (C=O) groups excluding carboxylic acids is 2. The molecule has 1 amide bonds. The van der Waals surface area contributed by atoms with Crippen LogP contribution in [-0.4, -0.2) is 23.3 Å². The molecular weight excluding hydrogens is 425 g/mol. The van der Waals surface area contributed by atoms with E-state index < -0.39 is 17.7 Å². The zero-order valence-corrected chi connectivity index (χ0v) is 17.3. The lowest BCUT2D eigenvalue weighted by molar-refractivity contribution is -0.113. The summed E-state index contributed by atoms with van der Waals surface area (Å²) in [6, 6.07) is 16.2. The Morgan fingerprint density at radius 2 is 1.87 bits per heavy atom. The first-order valence-corrected chi connectivity index (χ1v) is 10.0. The number of carbonyl (C=O) groups is 2. The molecule has 2 aromatic carbocycles. The standard InChI is InChI=1S/C22H14FNO4S2/c1-27-21(26)14-8-6-13(7-9-14)18-11-10-15(28-18)12-19-20(25)24(22(29)30-19)17-5-3-2-4-16(17)23/h2-12H,1H3. The van der Waals surface area contributed by atoms with Crippen molar-refractivity contribution in [1.82, 2.24) is 0 Å². The van der Waals surface area contributed by atoms with E-state index in [1.807, 2.05) is 0 Å². The van der Waals surface area contributed by atoms with E-state index in [-0.39, 0.29) is 10.0 Å². The van der Waals surface area contributed by atoms with Gasteiger partial charge in [0.1, 0.15) is 17.3 Å². The third kappa shape index (κ3) is 3.79. The average molecular weight is 439 g/mol. The van der Waals surface area contributed by atoms with E-state index in [1.54, 1.807) is 54.6 Å². The zero-order chi connectivity index (χ0) is 21.3. The van der Waals surface area contributed by atoms with Crippen LogP contribution in [-0.2, 0) is 9.53 Å². The van der Waals surface area contributed by atoms with Crippen LogP contribution in [0.15, 0.2) is 70.0 Å². The molecule has 1 aliphatic heterocycles. The molecule has 0 bridgehead atoms. The van der Waals surface area contributed by atoms with Crippen LogP contribution in [0.4, 0.5) is 10.1 Å². The van der Waals surface area contributed by atoms with E-state index in [2.05, 4.69) is 4.74 Å². The number of thioether (sulfide) groups is 1. The van der Waals surface area contributed by atoms with Gasteiger partial charge < -0.3 is 9.15 Å². The lowest BCUT2D eigenvalue weighted by Gasteiger charge is -2.14. The van der Waals surface area contributed by atoms with E-state index in [4.69, 9.17) is 16.6 Å². The van der Waals surface area contributed by atoms with Crippen LogP contribution >= 0.6 is 24.0 Å². The Hall–Kier alpha value is -3.23. The molecule has 30 heavy (non-hydrogen) atoms. The molecule has 1 saturated heterocycles. The maximum atomic E-state index is 14.1. The van der Waals surface area contributed by atoms with Crippen LogP contribution in [0, 0.1) is 5.82 Å². The number of hydrogen-bond donors (Lipinski definition) is 0. The highest BCUT2D eigenvalue weighted by molar-refractivity contribution is 8.27. The van der Waals surface area contributed by atoms with Crippen LogP contribution in [0.25, 0.3) is 17.4 Å². The molecule has 150 valence electrons. The van der Waals surface area contributed by atoms with Crippen molar-refractivity contribution in [3.63, 3.8) is 0 Å². The van der Waals surface area contributed by atoms with Gasteiger partial charge in [-0.2, -0.15) is 0 Å². The molecular formula is C22H14FNO4S2. The van der Waals surface area contributed by atoms with E-state index in [1.165, 1.54) is 24.1 Å². The number of para-hydroxylation sites is 1. The molecule has 0 N–H and O–H groups in total. The van der Waals surface area contributed by atoms with Crippen LogP contribution in [0.3, 0.4) is 0 Å². The summed E-state index contributed by atoms with van der Waals surface area (Å²) in [4.78, 5) is 25.8. The molecule has 1 fully saturated rings. The molecule has 0 radical (unpaired) electrons. The lowest BCUT2D eigenvalue weighted by Crippen LogP contribution is -2.28. The number of esters is 1. The summed E-state index contributed by atoms with van der Waals surface area (Å²) in [7, 11) is 1.32. The van der Waals surface area contributed by atoms with Gasteiger partial charge in [-0.15, -0.1) is 0 Å². The van der Waals surface area contributed by atoms with Crippen molar-refractivity contribution < 1.29 is 23.1 Å². The van der Waals surface area contributed by atoms with Gasteiger partial charge in [0.25, 0.3) is 5.91 Å². The number of hydrogen-bond acceptors (Lipinski definition) is 6. The number of methoxy groups -OCH3 is 1. The third-order valence-electron chi connectivity index (χ3n) is 4.38. The van der Waals surface area contributed by atoms with E-state index in [9.17, 15) is 14.0 Å². The number of benzene rings is 2. The molecule has 0 aliphatic carbocycles. The topological polar surface area (TPSA) is 59.8 Å². The molecule has 2 heterocycles. The second-order valence-corrected chi connectivity index (χ2v) is 7.92. The molecule has 0 unspecified atom stereocenters. The molecule has 8 heteroatoms. The predicted octanol–water partition coefficient (Wildman–Crippen LogP) is 5.28. The molecule has 0 saturated carbocycles. The number of amides is 1. The smallest absolute Gasteiger partial charge is 0.337 e. The van der Waals surface area contributed by atoms with Gasteiger partial charge >= 0.3 is 5.97 Å². The number of thiocarbonyl (C=S) groups is 1. The molecule has 0 atom stereocenters. The highest BCUT2D eigenvalue weighted by atomic mass is 32.2. The minimum absolute atomic E-state index is 0.120. The summed E-state index contributed by atoms with van der Waals surface area (Å²) in [5.74, 6) is -0.321. The van der Waals surface area contributed by atoms with Crippen LogP contribution in [0.5, 0.6) is 0 Å². The summed E-state index contributed by atoms with van der Waals surface area (Å²) in [6.07, 6.45) is 1.58. The van der Waals surface area contributed by atoms with Gasteiger partial charge in [-0.05, 0) is 36.4 Å². The van der Waals surface area contributed by atoms with Crippen molar-refractivity contribution in [3.8, 4) is 11.3 Å². The quantitative estimate of drug-likeness (QED) is 0.313. The summed E-state index contributed by atoms with van der Waals surface area (Å²) in [5.41, 5.74) is 1.32. The molecule has 4 rings (SSSR count). The SMILES string of the molecule is COC(=O)c1ccc(-c2ccc(C=C3SC(=S)N(c4ccccc4F)C3=O)o2)cc1. The van der Waals surface area contributed by atoms with Crippen molar-refractivity contribution in [2.75, 3.05) is 12.0 Å². The van der Waals surface area contributed by atoms with Crippen molar-refractivity contribution in [2.24, 2.45) is 0 Å². The van der Waals surface area contributed by atoms with Gasteiger partial charge in [-0.25, -0.2) is 9.18 Å². The average Bonchev–Trinajstić information content (AvgIpc) is 3.33. The third-order valence-corrected chi connectivity index (χ3v) is 5.68. The number of halogens is 1. The van der Waals surface area contributed by atoms with E-state index in [0.717, 1.165) is 17.3 Å². The fourth-order valence-corrected chi connectivity index (χ4v) is 4.18. The summed E-state index contributed by atoms with van der Waals surface area (Å²) in [6.45, 7) is 0. The monoisotopic (exact) mass is 439 g/mol. The van der Waals surface area contributed by atoms with Crippen molar-refractivity contribution >= 4 is 51.9 Å². The molecule has 1 aliphatic rings. The van der Waals surface area contributed by atoms with Gasteiger partial charge in [0, 0.05) is 11.6 Å². The van der Waals surface area contributed by atoms with E-state index in [0.29, 0.717) is 22.0 Å². The minimum Gasteiger partial charge on any atom is -0.465 e. The Morgan fingerprint density at radius 1 is 1.13 bits per heavy atom. The summed E-state index contributed by atoms with van der Waals surface area (Å²) < 4.78 is 24.9. The van der Waals surface area contributed by atoms with Gasteiger partial charge in [0.15, 0.2) is 4.32 Å². The molecule has 0 spiro atoms. The van der Waals surface area contributed by atoms with Crippen molar-refractivity contribution in [1.29, 1.82) is 0 Å². The second-order valence-electron chi connectivity index (χ2n) is 6.24. The first-order chi connectivity index (χ1) is 14.5. The summed E-state index contributed by atoms with van der Waals surface area (Å²) >= 11 is 6.35. The van der Waals surface area contributed by atoms with Crippen LogP contribution < -0.4 is 4.90 Å². The Balaban J connectivity index is 1.57. The number of ether oxygens (including phenoxy) is 1. The number of nitrogens with zero attached hydrogens (tertiary/aromatic N) is 1. The number of furan rings is 1. The Morgan fingerprint density at radius 3 is 2.57 bits per heavy atom. The Bertz CT molecular complexity index is 1180. The van der Waals surface area contributed by atoms with Gasteiger partial charge in [0.05, 0.1) is 23.3 Å². The lowest BCUT2D eigenvalue weighted by atomic mass is 10.1. The van der Waals surface area contributed by atoms with Crippen LogP contribution in [0.1, 0.15) is 16.1 Å². The summed E-state index contributed by atoms with van der Waals surface area (Å²) in [5, 5.41) is 0. The molecule has 3 aromatic rings. The van der Waals surface area contributed by atoms with Crippen LogP contribution in [0.2, 0.25) is 0 Å². The Kier molecular flexibility index (Phi) is 5.52.